The predicted octanol–water partition coefficient (Wildman–Crippen LogP) is 2.83. The highest BCUT2D eigenvalue weighted by molar-refractivity contribution is 4.92. The summed E-state index contributed by atoms with van der Waals surface area (Å²) >= 11 is 0. The van der Waals surface area contributed by atoms with E-state index in [2.05, 4.69) is 33.0 Å². The van der Waals surface area contributed by atoms with Gasteiger partial charge < -0.3 is 10.1 Å². The fourth-order valence-corrected chi connectivity index (χ4v) is 2.86. The van der Waals surface area contributed by atoms with Crippen molar-refractivity contribution in [3.63, 3.8) is 0 Å². The van der Waals surface area contributed by atoms with Gasteiger partial charge in [-0.15, -0.1) is 0 Å². The molecule has 0 aromatic heterocycles. The van der Waals surface area contributed by atoms with Gasteiger partial charge in [-0.25, -0.2) is 0 Å². The van der Waals surface area contributed by atoms with Crippen LogP contribution < -0.4 is 5.32 Å². The Bertz CT molecular complexity index is 191. The van der Waals surface area contributed by atoms with Crippen LogP contribution in [0.4, 0.5) is 0 Å². The van der Waals surface area contributed by atoms with Crippen molar-refractivity contribution in [1.82, 2.24) is 5.32 Å². The van der Waals surface area contributed by atoms with Gasteiger partial charge in [0, 0.05) is 25.8 Å². The minimum atomic E-state index is 0.526. The molecule has 0 aromatic carbocycles. The van der Waals surface area contributed by atoms with Crippen LogP contribution in [0.2, 0.25) is 0 Å². The molecule has 0 spiro atoms. The highest BCUT2D eigenvalue weighted by Crippen LogP contribution is 2.40. The van der Waals surface area contributed by atoms with Crippen LogP contribution in [0.25, 0.3) is 0 Å². The van der Waals surface area contributed by atoms with Crippen molar-refractivity contribution in [3.05, 3.63) is 0 Å². The summed E-state index contributed by atoms with van der Waals surface area (Å²) in [4.78, 5) is 0. The first kappa shape index (κ1) is 13.0. The molecule has 2 nitrogen and oxygen atoms in total. The van der Waals surface area contributed by atoms with Gasteiger partial charge in [0.05, 0.1) is 0 Å². The molecule has 90 valence electrons. The zero-order chi connectivity index (χ0) is 11.5. The quantitative estimate of drug-likeness (QED) is 0.758. The Morgan fingerprint density at radius 3 is 2.53 bits per heavy atom. The van der Waals surface area contributed by atoms with Crippen molar-refractivity contribution < 1.29 is 4.74 Å². The summed E-state index contributed by atoms with van der Waals surface area (Å²) in [5.41, 5.74) is 0.526. The summed E-state index contributed by atoms with van der Waals surface area (Å²) in [7, 11) is 1.77. The third-order valence-electron chi connectivity index (χ3n) is 3.59. The van der Waals surface area contributed by atoms with Crippen molar-refractivity contribution in [2.24, 2.45) is 11.3 Å². The fraction of sp³-hybridized carbons (Fsp3) is 1.00. The smallest absolute Gasteiger partial charge is 0.0476 e. The maximum atomic E-state index is 5.10. The maximum absolute atomic E-state index is 5.10. The lowest BCUT2D eigenvalue weighted by Gasteiger charge is -2.23. The van der Waals surface area contributed by atoms with Crippen molar-refractivity contribution in [1.29, 1.82) is 0 Å². The van der Waals surface area contributed by atoms with Crippen LogP contribution in [0.3, 0.4) is 0 Å². The molecule has 0 aliphatic heterocycles. The lowest BCUT2D eigenvalue weighted by atomic mass is 9.91. The van der Waals surface area contributed by atoms with Crippen molar-refractivity contribution >= 4 is 0 Å². The molecule has 3 atom stereocenters. The fourth-order valence-electron chi connectivity index (χ4n) is 2.86. The van der Waals surface area contributed by atoms with Gasteiger partial charge in [0.2, 0.25) is 0 Å². The van der Waals surface area contributed by atoms with Gasteiger partial charge in [-0.1, -0.05) is 20.8 Å². The van der Waals surface area contributed by atoms with Crippen molar-refractivity contribution in [3.8, 4) is 0 Å². The van der Waals surface area contributed by atoms with Gasteiger partial charge in [0.15, 0.2) is 0 Å². The second-order valence-electron chi connectivity index (χ2n) is 6.01. The third-order valence-corrected chi connectivity index (χ3v) is 3.59. The van der Waals surface area contributed by atoms with E-state index in [1.54, 1.807) is 7.11 Å². The Morgan fingerprint density at radius 2 is 2.07 bits per heavy atom. The van der Waals surface area contributed by atoms with E-state index in [1.165, 1.54) is 12.8 Å². The SMILES string of the molecule is COCCC(C)NC1CC(C)(C)CC1C. The lowest BCUT2D eigenvalue weighted by molar-refractivity contribution is 0.181. The Kier molecular flexibility index (Phi) is 4.60. The molecule has 0 saturated heterocycles. The van der Waals surface area contributed by atoms with Crippen LogP contribution >= 0.6 is 0 Å². The molecule has 1 fully saturated rings. The molecule has 1 rings (SSSR count). The Hall–Kier alpha value is -0.0800. The van der Waals surface area contributed by atoms with E-state index in [0.29, 0.717) is 17.5 Å². The van der Waals surface area contributed by atoms with E-state index in [0.717, 1.165) is 18.9 Å². The molecular weight excluding hydrogens is 186 g/mol. The average Bonchev–Trinajstić information content (AvgIpc) is 2.36. The molecule has 1 N–H and O–H groups in total. The molecule has 0 bridgehead atoms. The number of rotatable bonds is 5. The van der Waals surface area contributed by atoms with Crippen LogP contribution in [0.1, 0.15) is 47.0 Å². The molecule has 0 aromatic rings. The number of hydrogen-bond acceptors (Lipinski definition) is 2. The molecular formula is C13H27NO. The van der Waals surface area contributed by atoms with Crippen LogP contribution in [0, 0.1) is 11.3 Å². The van der Waals surface area contributed by atoms with Crippen LogP contribution in [0.5, 0.6) is 0 Å². The maximum Gasteiger partial charge on any atom is 0.0476 e. The van der Waals surface area contributed by atoms with Gasteiger partial charge in [-0.3, -0.25) is 0 Å². The summed E-state index contributed by atoms with van der Waals surface area (Å²) in [5, 5.41) is 3.74. The van der Waals surface area contributed by atoms with Gasteiger partial charge in [0.1, 0.15) is 0 Å². The van der Waals surface area contributed by atoms with Crippen LogP contribution in [0.15, 0.2) is 0 Å². The molecule has 0 heterocycles. The predicted molar refractivity (Wildman–Crippen MR) is 65.1 cm³/mol. The highest BCUT2D eigenvalue weighted by Gasteiger charge is 2.36. The molecule has 0 amide bonds. The monoisotopic (exact) mass is 213 g/mol. The molecule has 2 heteroatoms. The second-order valence-corrected chi connectivity index (χ2v) is 6.01. The largest absolute Gasteiger partial charge is 0.385 e. The van der Waals surface area contributed by atoms with Crippen molar-refractivity contribution in [2.45, 2.75) is 59.0 Å². The third kappa shape index (κ3) is 4.12. The summed E-state index contributed by atoms with van der Waals surface area (Å²) in [6.07, 6.45) is 3.77. The second kappa shape index (κ2) is 5.31. The Labute approximate surface area is 94.8 Å². The Morgan fingerprint density at radius 1 is 1.40 bits per heavy atom. The number of methoxy groups -OCH3 is 1. The van der Waals surface area contributed by atoms with E-state index in [4.69, 9.17) is 4.74 Å². The Balaban J connectivity index is 2.32. The minimum absolute atomic E-state index is 0.526. The highest BCUT2D eigenvalue weighted by atomic mass is 16.5. The normalized spacial score (nSPS) is 31.8. The molecule has 3 unspecified atom stereocenters. The first-order chi connectivity index (χ1) is 6.94. The standard InChI is InChI=1S/C13H27NO/c1-10-8-13(3,4)9-12(10)14-11(2)6-7-15-5/h10-12,14H,6-9H2,1-5H3. The van der Waals surface area contributed by atoms with E-state index in [1.807, 2.05) is 0 Å². The van der Waals surface area contributed by atoms with Gasteiger partial charge in [-0.05, 0) is 37.5 Å². The minimum Gasteiger partial charge on any atom is -0.385 e. The number of nitrogens with one attached hydrogen (secondary N) is 1. The van der Waals surface area contributed by atoms with Gasteiger partial charge >= 0.3 is 0 Å². The summed E-state index contributed by atoms with van der Waals surface area (Å²) in [6.45, 7) is 10.3. The van der Waals surface area contributed by atoms with Gasteiger partial charge in [-0.2, -0.15) is 0 Å². The first-order valence-electron chi connectivity index (χ1n) is 6.19. The summed E-state index contributed by atoms with van der Waals surface area (Å²) in [5.74, 6) is 0.810. The average molecular weight is 213 g/mol. The van der Waals surface area contributed by atoms with E-state index < -0.39 is 0 Å². The first-order valence-corrected chi connectivity index (χ1v) is 6.19. The van der Waals surface area contributed by atoms with Crippen LogP contribution in [-0.2, 0) is 4.74 Å². The van der Waals surface area contributed by atoms with Gasteiger partial charge in [0.25, 0.3) is 0 Å². The van der Waals surface area contributed by atoms with E-state index in [9.17, 15) is 0 Å². The lowest BCUT2D eigenvalue weighted by Crippen LogP contribution is -2.38. The van der Waals surface area contributed by atoms with Crippen molar-refractivity contribution in [2.75, 3.05) is 13.7 Å². The number of hydrogen-bond donors (Lipinski definition) is 1. The number of ether oxygens (including phenoxy) is 1. The molecule has 15 heavy (non-hydrogen) atoms. The van der Waals surface area contributed by atoms with Crippen LogP contribution in [-0.4, -0.2) is 25.8 Å². The zero-order valence-corrected chi connectivity index (χ0v) is 11.0. The van der Waals surface area contributed by atoms with E-state index in [-0.39, 0.29) is 0 Å². The zero-order valence-electron chi connectivity index (χ0n) is 11.0. The molecule has 1 saturated carbocycles. The molecule has 1 aliphatic rings. The summed E-state index contributed by atoms with van der Waals surface area (Å²) in [6, 6.07) is 1.28. The molecule has 1 aliphatic carbocycles. The molecule has 0 radical (unpaired) electrons. The summed E-state index contributed by atoms with van der Waals surface area (Å²) < 4.78 is 5.10. The topological polar surface area (TPSA) is 21.3 Å². The van der Waals surface area contributed by atoms with E-state index >= 15 is 0 Å².